The molecule has 2 aromatic rings. The first-order chi connectivity index (χ1) is 18.6. The Balaban J connectivity index is 1.51. The maximum Gasteiger partial charge on any atom is 0.303 e. The van der Waals surface area contributed by atoms with Crippen LogP contribution in [0, 0.1) is 0 Å². The summed E-state index contributed by atoms with van der Waals surface area (Å²) in [5.41, 5.74) is 7.11. The van der Waals surface area contributed by atoms with Crippen LogP contribution in [0.2, 0.25) is 15.1 Å². The molecule has 210 valence electrons. The molecule has 0 saturated carbocycles. The molecule has 2 fully saturated rings. The third kappa shape index (κ3) is 7.64. The average Bonchev–Trinajstić information content (AvgIpc) is 3.23. The molecule has 2 aromatic carbocycles. The number of hydrogen-bond donors (Lipinski definition) is 2. The van der Waals surface area contributed by atoms with Crippen LogP contribution >= 0.6 is 34.8 Å². The van der Waals surface area contributed by atoms with E-state index in [0.29, 0.717) is 59.8 Å². The summed E-state index contributed by atoms with van der Waals surface area (Å²) in [6.45, 7) is 1.18. The van der Waals surface area contributed by atoms with Crippen molar-refractivity contribution in [1.82, 2.24) is 9.80 Å². The maximum atomic E-state index is 13.8. The lowest BCUT2D eigenvalue weighted by Crippen LogP contribution is -2.51. The fourth-order valence-electron chi connectivity index (χ4n) is 5.41. The summed E-state index contributed by atoms with van der Waals surface area (Å²) in [5.74, 6) is -0.756. The van der Waals surface area contributed by atoms with Gasteiger partial charge in [0.2, 0.25) is 5.91 Å². The monoisotopic (exact) mass is 595 g/mol. The summed E-state index contributed by atoms with van der Waals surface area (Å²) in [6, 6.07) is 10.7. The van der Waals surface area contributed by atoms with Crippen LogP contribution in [0.25, 0.3) is 0 Å². The molecule has 4 rings (SSSR count). The summed E-state index contributed by atoms with van der Waals surface area (Å²) in [6.07, 6.45) is 1.39. The highest BCUT2D eigenvalue weighted by Crippen LogP contribution is 2.30. The van der Waals surface area contributed by atoms with Crippen molar-refractivity contribution in [2.24, 2.45) is 5.73 Å². The van der Waals surface area contributed by atoms with Gasteiger partial charge in [0.05, 0.1) is 22.1 Å². The topological polar surface area (TPSA) is 113 Å². The number of benzene rings is 2. The van der Waals surface area contributed by atoms with Crippen LogP contribution in [0.4, 0.5) is 0 Å². The van der Waals surface area contributed by atoms with Gasteiger partial charge in [0, 0.05) is 43.0 Å². The van der Waals surface area contributed by atoms with E-state index in [9.17, 15) is 19.5 Å². The number of carbonyl (C=O) groups is 3. The first-order valence-electron chi connectivity index (χ1n) is 13.0. The van der Waals surface area contributed by atoms with E-state index in [1.54, 1.807) is 41.3 Å². The maximum absolute atomic E-state index is 13.8. The van der Waals surface area contributed by atoms with Gasteiger partial charge in [0.15, 0.2) is 5.78 Å². The molecule has 11 heteroatoms. The number of nitrogens with two attached hydrogens (primary N) is 1. The van der Waals surface area contributed by atoms with Gasteiger partial charge >= 0.3 is 5.97 Å². The smallest absolute Gasteiger partial charge is 0.303 e. The van der Waals surface area contributed by atoms with Crippen LogP contribution in [-0.2, 0) is 20.8 Å². The number of halogens is 3. The van der Waals surface area contributed by atoms with Gasteiger partial charge in [0.1, 0.15) is 12.4 Å². The molecule has 0 spiro atoms. The number of amides is 1. The minimum Gasteiger partial charge on any atom is -0.492 e. The first kappa shape index (κ1) is 29.6. The Hall–Kier alpha value is -2.36. The lowest BCUT2D eigenvalue weighted by atomic mass is 9.97. The molecule has 0 aromatic heterocycles. The van der Waals surface area contributed by atoms with Crippen LogP contribution < -0.4 is 10.5 Å². The van der Waals surface area contributed by atoms with Gasteiger partial charge in [-0.15, -0.1) is 0 Å². The third-order valence-electron chi connectivity index (χ3n) is 7.37. The van der Waals surface area contributed by atoms with Crippen LogP contribution in [0.3, 0.4) is 0 Å². The quantitative estimate of drug-likeness (QED) is 0.394. The number of carboxylic acids is 1. The molecular formula is C28H32Cl3N3O5. The normalized spacial score (nSPS) is 22.3. The predicted octanol–water partition coefficient (Wildman–Crippen LogP) is 4.46. The number of Topliss-reactive ketones (excluding diaryl/α,β-unsaturated/α-hetero) is 1. The average molecular weight is 597 g/mol. The molecule has 0 radical (unpaired) electrons. The summed E-state index contributed by atoms with van der Waals surface area (Å²) in [5, 5.41) is 10.8. The molecule has 0 aliphatic carbocycles. The number of hydrogen-bond acceptors (Lipinski definition) is 6. The van der Waals surface area contributed by atoms with E-state index in [-0.39, 0.29) is 43.0 Å². The zero-order valence-electron chi connectivity index (χ0n) is 21.4. The Kier molecular flexibility index (Phi) is 10.1. The van der Waals surface area contributed by atoms with E-state index in [1.807, 2.05) is 6.07 Å². The number of aryl methyl sites for hydroxylation is 1. The highest BCUT2D eigenvalue weighted by atomic mass is 35.5. The number of ketones is 1. The van der Waals surface area contributed by atoms with Gasteiger partial charge in [-0.25, -0.2) is 0 Å². The van der Waals surface area contributed by atoms with Gasteiger partial charge < -0.3 is 20.5 Å². The zero-order valence-corrected chi connectivity index (χ0v) is 23.7. The van der Waals surface area contributed by atoms with E-state index >= 15 is 0 Å². The molecule has 8 nitrogen and oxygen atoms in total. The van der Waals surface area contributed by atoms with E-state index < -0.39 is 18.1 Å². The van der Waals surface area contributed by atoms with Crippen molar-refractivity contribution in [3.8, 4) is 5.75 Å². The molecule has 2 heterocycles. The van der Waals surface area contributed by atoms with Crippen molar-refractivity contribution in [2.45, 2.75) is 62.7 Å². The molecule has 0 bridgehead atoms. The lowest BCUT2D eigenvalue weighted by Gasteiger charge is -2.32. The number of ether oxygens (including phenoxy) is 1. The number of carbonyl (C=O) groups excluding carboxylic acids is 2. The molecule has 2 saturated heterocycles. The number of carboxylic acid groups (broad SMARTS) is 1. The zero-order chi connectivity index (χ0) is 28.1. The predicted molar refractivity (Wildman–Crippen MR) is 151 cm³/mol. The molecule has 1 unspecified atom stereocenters. The Bertz CT molecular complexity index is 1210. The Morgan fingerprint density at radius 3 is 2.62 bits per heavy atom. The van der Waals surface area contributed by atoms with E-state index in [2.05, 4.69) is 4.90 Å². The molecule has 2 aliphatic rings. The molecular weight excluding hydrogens is 565 g/mol. The van der Waals surface area contributed by atoms with Crippen LogP contribution in [0.5, 0.6) is 5.75 Å². The first-order valence-corrected chi connectivity index (χ1v) is 14.1. The van der Waals surface area contributed by atoms with E-state index in [1.165, 1.54) is 0 Å². The highest BCUT2D eigenvalue weighted by molar-refractivity contribution is 6.42. The lowest BCUT2D eigenvalue weighted by molar-refractivity contribution is -0.144. The fourth-order valence-corrected chi connectivity index (χ4v) is 5.92. The minimum atomic E-state index is -1.02. The summed E-state index contributed by atoms with van der Waals surface area (Å²) < 4.78 is 6.03. The second-order valence-electron chi connectivity index (χ2n) is 10.1. The largest absolute Gasteiger partial charge is 0.492 e. The van der Waals surface area contributed by atoms with Crippen LogP contribution in [0.15, 0.2) is 42.5 Å². The number of nitrogens with zero attached hydrogens (tertiary/aromatic N) is 2. The van der Waals surface area contributed by atoms with Crippen molar-refractivity contribution in [1.29, 1.82) is 0 Å². The molecule has 1 amide bonds. The third-order valence-corrected chi connectivity index (χ3v) is 8.35. The Labute approximate surface area is 242 Å². The van der Waals surface area contributed by atoms with Gasteiger partial charge in [0.25, 0.3) is 0 Å². The standard InChI is InChI=1S/C28H32Cl3N3O5/c29-18-2-1-3-21(13-18)39-16-20-10-11-33(28(38)25-14-19(32)15-34(20)25)24(7-9-27(36)37)26(35)8-5-17-4-6-22(30)23(31)12-17/h1-4,6,12-13,19-20,24-25H,5,7-11,14-16,32H2,(H,36,37)/t19-,20?,24-,25+/m1/s1. The molecule has 3 N–H and O–H groups in total. The second-order valence-corrected chi connectivity index (χ2v) is 11.4. The van der Waals surface area contributed by atoms with E-state index in [0.717, 1.165) is 5.56 Å². The van der Waals surface area contributed by atoms with Crippen LogP contribution in [-0.4, -0.2) is 76.4 Å². The van der Waals surface area contributed by atoms with E-state index in [4.69, 9.17) is 45.3 Å². The van der Waals surface area contributed by atoms with Gasteiger partial charge in [-0.3, -0.25) is 19.3 Å². The SMILES string of the molecule is N[C@@H]1C[C@H]2C(=O)N([C@H](CCC(=O)O)C(=O)CCc3ccc(Cl)c(Cl)c3)CCC(COc3cccc(Cl)c3)N2C1. The Morgan fingerprint density at radius 1 is 1.10 bits per heavy atom. The number of fused-ring (bicyclic) bond motifs is 1. The fraction of sp³-hybridized carbons (Fsp3) is 0.464. The van der Waals surface area contributed by atoms with Crippen molar-refractivity contribution in [3.63, 3.8) is 0 Å². The van der Waals surface area contributed by atoms with Crippen molar-refractivity contribution >= 4 is 52.5 Å². The summed E-state index contributed by atoms with van der Waals surface area (Å²) in [4.78, 5) is 42.4. The number of aliphatic carboxylic acids is 1. The molecule has 39 heavy (non-hydrogen) atoms. The Morgan fingerprint density at radius 2 is 1.90 bits per heavy atom. The van der Waals surface area contributed by atoms with Crippen molar-refractivity contribution in [2.75, 3.05) is 19.7 Å². The highest BCUT2D eigenvalue weighted by Gasteiger charge is 2.45. The molecule has 4 atom stereocenters. The van der Waals surface area contributed by atoms with Crippen molar-refractivity contribution in [3.05, 3.63) is 63.1 Å². The second kappa shape index (κ2) is 13.3. The van der Waals surface area contributed by atoms with Crippen molar-refractivity contribution < 1.29 is 24.2 Å². The van der Waals surface area contributed by atoms with Crippen LogP contribution in [0.1, 0.15) is 37.7 Å². The number of rotatable bonds is 11. The summed E-state index contributed by atoms with van der Waals surface area (Å²) in [7, 11) is 0. The van der Waals surface area contributed by atoms with Gasteiger partial charge in [-0.05, 0) is 61.6 Å². The summed E-state index contributed by atoms with van der Waals surface area (Å²) >= 11 is 18.2. The van der Waals surface area contributed by atoms with Gasteiger partial charge in [-0.2, -0.15) is 0 Å². The molecule has 2 aliphatic heterocycles. The minimum absolute atomic E-state index is 0.0454. The van der Waals surface area contributed by atoms with Gasteiger partial charge in [-0.1, -0.05) is 46.9 Å².